The fraction of sp³-hybridized carbons (Fsp3) is 0.478. The third-order valence-corrected chi connectivity index (χ3v) is 6.05. The van der Waals surface area contributed by atoms with Crippen LogP contribution in [0.15, 0.2) is 23.0 Å². The SMILES string of the molecule is CCC(C)c1cc(C)n2nc(-c3c(C)cc(OC)cc3C)n(C3CC3)c(=O)c12. The standard InChI is InChI=1S/C23H29N3O2/c1-7-13(2)19-12-16(5)26-21(19)23(27)25(17-8-9-17)22(24-26)20-14(3)10-18(28-6)11-15(20)4/h10-13,17H,7-9H2,1-6H3. The van der Waals surface area contributed by atoms with Crippen molar-refractivity contribution >= 4 is 5.52 Å². The smallest absolute Gasteiger partial charge is 0.278 e. The van der Waals surface area contributed by atoms with E-state index in [0.717, 1.165) is 64.3 Å². The van der Waals surface area contributed by atoms with E-state index in [9.17, 15) is 4.79 Å². The molecule has 3 aromatic rings. The molecule has 1 atom stereocenters. The van der Waals surface area contributed by atoms with Crippen LogP contribution < -0.4 is 10.3 Å². The Hall–Kier alpha value is -2.56. The molecule has 1 saturated carbocycles. The predicted molar refractivity (Wildman–Crippen MR) is 113 cm³/mol. The van der Waals surface area contributed by atoms with Crippen LogP contribution in [-0.4, -0.2) is 21.3 Å². The summed E-state index contributed by atoms with van der Waals surface area (Å²) in [6, 6.07) is 6.42. The van der Waals surface area contributed by atoms with Gasteiger partial charge in [-0.05, 0) is 80.8 Å². The maximum atomic E-state index is 13.7. The molecule has 1 aromatic carbocycles. The largest absolute Gasteiger partial charge is 0.497 e. The third-order valence-electron chi connectivity index (χ3n) is 6.05. The number of ether oxygens (including phenoxy) is 1. The summed E-state index contributed by atoms with van der Waals surface area (Å²) in [5.41, 5.74) is 6.13. The molecule has 0 radical (unpaired) electrons. The lowest BCUT2D eigenvalue weighted by Crippen LogP contribution is -2.26. The van der Waals surface area contributed by atoms with E-state index in [0.29, 0.717) is 5.92 Å². The minimum absolute atomic E-state index is 0.0884. The highest BCUT2D eigenvalue weighted by Crippen LogP contribution is 2.39. The average Bonchev–Trinajstić information content (AvgIpc) is 3.44. The molecule has 148 valence electrons. The maximum absolute atomic E-state index is 13.7. The van der Waals surface area contributed by atoms with Gasteiger partial charge < -0.3 is 4.74 Å². The zero-order valence-corrected chi connectivity index (χ0v) is 17.7. The van der Waals surface area contributed by atoms with Gasteiger partial charge in [0.1, 0.15) is 11.3 Å². The number of rotatable bonds is 5. The summed E-state index contributed by atoms with van der Waals surface area (Å²) >= 11 is 0. The Labute approximate surface area is 166 Å². The van der Waals surface area contributed by atoms with Gasteiger partial charge in [-0.25, -0.2) is 4.52 Å². The Morgan fingerprint density at radius 3 is 2.36 bits per heavy atom. The van der Waals surface area contributed by atoms with Gasteiger partial charge in [0.2, 0.25) is 0 Å². The Bertz CT molecular complexity index is 1100. The lowest BCUT2D eigenvalue weighted by atomic mass is 9.99. The summed E-state index contributed by atoms with van der Waals surface area (Å²) in [7, 11) is 1.68. The molecule has 0 spiro atoms. The second kappa shape index (κ2) is 6.80. The number of fused-ring (bicyclic) bond motifs is 1. The molecule has 4 rings (SSSR count). The van der Waals surface area contributed by atoms with Crippen molar-refractivity contribution in [2.45, 2.75) is 65.8 Å². The second-order valence-corrected chi connectivity index (χ2v) is 8.18. The minimum Gasteiger partial charge on any atom is -0.497 e. The molecule has 0 N–H and O–H groups in total. The van der Waals surface area contributed by atoms with Crippen LogP contribution in [0.25, 0.3) is 16.9 Å². The van der Waals surface area contributed by atoms with Gasteiger partial charge in [0.05, 0.1) is 7.11 Å². The number of methoxy groups -OCH3 is 1. The van der Waals surface area contributed by atoms with Crippen molar-refractivity contribution in [2.75, 3.05) is 7.11 Å². The van der Waals surface area contributed by atoms with Gasteiger partial charge in [-0.15, -0.1) is 5.10 Å². The molecule has 0 saturated heterocycles. The molecule has 1 aliphatic rings. The van der Waals surface area contributed by atoms with Crippen LogP contribution in [0.1, 0.15) is 67.5 Å². The first-order valence-corrected chi connectivity index (χ1v) is 10.2. The van der Waals surface area contributed by atoms with Crippen molar-refractivity contribution in [1.29, 1.82) is 0 Å². The van der Waals surface area contributed by atoms with E-state index < -0.39 is 0 Å². The van der Waals surface area contributed by atoms with E-state index in [1.54, 1.807) is 7.11 Å². The molecule has 5 heteroatoms. The average molecular weight is 380 g/mol. The van der Waals surface area contributed by atoms with Crippen LogP contribution in [0.2, 0.25) is 0 Å². The minimum atomic E-state index is 0.0884. The van der Waals surface area contributed by atoms with Gasteiger partial charge in [-0.1, -0.05) is 13.8 Å². The van der Waals surface area contributed by atoms with Crippen LogP contribution in [0, 0.1) is 20.8 Å². The fourth-order valence-electron chi connectivity index (χ4n) is 4.18. The van der Waals surface area contributed by atoms with Gasteiger partial charge in [0.25, 0.3) is 5.56 Å². The quantitative estimate of drug-likeness (QED) is 0.630. The van der Waals surface area contributed by atoms with Crippen molar-refractivity contribution in [3.8, 4) is 17.1 Å². The fourth-order valence-corrected chi connectivity index (χ4v) is 4.18. The number of nitrogens with zero attached hydrogens (tertiary/aromatic N) is 3. The van der Waals surface area contributed by atoms with Gasteiger partial charge >= 0.3 is 0 Å². The first-order valence-electron chi connectivity index (χ1n) is 10.2. The predicted octanol–water partition coefficient (Wildman–Crippen LogP) is 4.95. The van der Waals surface area contributed by atoms with Gasteiger partial charge in [0.15, 0.2) is 5.82 Å². The van der Waals surface area contributed by atoms with Crippen LogP contribution >= 0.6 is 0 Å². The summed E-state index contributed by atoms with van der Waals surface area (Å²) in [5, 5.41) is 5.02. The second-order valence-electron chi connectivity index (χ2n) is 8.18. The number of aryl methyl sites for hydroxylation is 3. The number of aromatic nitrogens is 3. The Kier molecular flexibility index (Phi) is 4.56. The normalized spacial score (nSPS) is 15.2. The number of hydrogen-bond donors (Lipinski definition) is 0. The molecule has 0 amide bonds. The maximum Gasteiger partial charge on any atom is 0.278 e. The Morgan fingerprint density at radius 2 is 1.82 bits per heavy atom. The highest BCUT2D eigenvalue weighted by molar-refractivity contribution is 5.68. The van der Waals surface area contributed by atoms with Crippen molar-refractivity contribution < 1.29 is 4.74 Å². The topological polar surface area (TPSA) is 48.5 Å². The molecule has 28 heavy (non-hydrogen) atoms. The van der Waals surface area contributed by atoms with Crippen LogP contribution in [0.4, 0.5) is 0 Å². The molecule has 2 aromatic heterocycles. The van der Waals surface area contributed by atoms with Gasteiger partial charge in [-0.2, -0.15) is 0 Å². The van der Waals surface area contributed by atoms with E-state index in [2.05, 4.69) is 33.8 Å². The van der Waals surface area contributed by atoms with Crippen molar-refractivity contribution in [3.63, 3.8) is 0 Å². The highest BCUT2D eigenvalue weighted by atomic mass is 16.5. The van der Waals surface area contributed by atoms with E-state index in [4.69, 9.17) is 9.84 Å². The molecular formula is C23H29N3O2. The summed E-state index contributed by atoms with van der Waals surface area (Å²) in [5.74, 6) is 1.93. The van der Waals surface area contributed by atoms with E-state index in [1.165, 1.54) is 0 Å². The van der Waals surface area contributed by atoms with Gasteiger partial charge in [-0.3, -0.25) is 9.36 Å². The monoisotopic (exact) mass is 379 g/mol. The van der Waals surface area contributed by atoms with Crippen molar-refractivity contribution in [2.24, 2.45) is 0 Å². The van der Waals surface area contributed by atoms with Crippen LogP contribution in [0.5, 0.6) is 5.75 Å². The molecule has 0 bridgehead atoms. The number of hydrogen-bond acceptors (Lipinski definition) is 3. The lowest BCUT2D eigenvalue weighted by molar-refractivity contribution is 0.414. The van der Waals surface area contributed by atoms with E-state index in [-0.39, 0.29) is 11.6 Å². The molecule has 2 heterocycles. The van der Waals surface area contributed by atoms with E-state index in [1.807, 2.05) is 28.1 Å². The van der Waals surface area contributed by atoms with Crippen LogP contribution in [-0.2, 0) is 0 Å². The summed E-state index contributed by atoms with van der Waals surface area (Å²) < 4.78 is 9.23. The molecule has 5 nitrogen and oxygen atoms in total. The Morgan fingerprint density at radius 1 is 1.18 bits per heavy atom. The zero-order chi connectivity index (χ0) is 20.2. The number of benzene rings is 1. The summed E-state index contributed by atoms with van der Waals surface area (Å²) in [6.07, 6.45) is 3.08. The first kappa shape index (κ1) is 18.8. The van der Waals surface area contributed by atoms with Crippen molar-refractivity contribution in [1.82, 2.24) is 14.2 Å². The molecule has 0 aliphatic heterocycles. The molecule has 1 aliphatic carbocycles. The van der Waals surface area contributed by atoms with Crippen molar-refractivity contribution in [3.05, 3.63) is 50.9 Å². The first-order chi connectivity index (χ1) is 13.4. The molecular weight excluding hydrogens is 350 g/mol. The highest BCUT2D eigenvalue weighted by Gasteiger charge is 2.31. The van der Waals surface area contributed by atoms with Crippen LogP contribution in [0.3, 0.4) is 0 Å². The molecule has 1 fully saturated rings. The van der Waals surface area contributed by atoms with E-state index >= 15 is 0 Å². The summed E-state index contributed by atoms with van der Waals surface area (Å²) in [6.45, 7) is 10.5. The molecule has 1 unspecified atom stereocenters. The Balaban J connectivity index is 2.07. The van der Waals surface area contributed by atoms with Gasteiger partial charge in [0, 0.05) is 17.3 Å². The zero-order valence-electron chi connectivity index (χ0n) is 17.7. The third kappa shape index (κ3) is 2.84. The summed E-state index contributed by atoms with van der Waals surface area (Å²) in [4.78, 5) is 13.7. The lowest BCUT2D eigenvalue weighted by Gasteiger charge is -2.18.